The molecule has 0 unspecified atom stereocenters. The second-order valence-corrected chi connectivity index (χ2v) is 2.81. The summed E-state index contributed by atoms with van der Waals surface area (Å²) >= 11 is 0. The number of anilines is 1. The number of hydrogen-bond donors (Lipinski definition) is 1. The third kappa shape index (κ3) is 2.01. The van der Waals surface area contributed by atoms with Crippen LogP contribution in [0.2, 0.25) is 0 Å². The highest BCUT2D eigenvalue weighted by atomic mass is 16.5. The first-order valence-corrected chi connectivity index (χ1v) is 4.26. The number of rotatable bonds is 2. The lowest BCUT2D eigenvalue weighted by molar-refractivity contribution is -0.132. The van der Waals surface area contributed by atoms with Crippen LogP contribution in [0.25, 0.3) is 0 Å². The van der Waals surface area contributed by atoms with Crippen molar-refractivity contribution in [2.45, 2.75) is 0 Å². The van der Waals surface area contributed by atoms with Crippen molar-refractivity contribution in [1.82, 2.24) is 0 Å². The highest BCUT2D eigenvalue weighted by molar-refractivity contribution is 5.86. The highest BCUT2D eigenvalue weighted by Gasteiger charge is 2.07. The number of esters is 1. The summed E-state index contributed by atoms with van der Waals surface area (Å²) in [5, 5.41) is 3.02. The van der Waals surface area contributed by atoms with Gasteiger partial charge in [0.05, 0.1) is 0 Å². The molecule has 1 N–H and O–H groups in total. The Labute approximate surface area is 81.7 Å². The van der Waals surface area contributed by atoms with Gasteiger partial charge in [-0.1, -0.05) is 18.2 Å². The van der Waals surface area contributed by atoms with Crippen molar-refractivity contribution < 1.29 is 9.53 Å². The van der Waals surface area contributed by atoms with Crippen LogP contribution in [0.1, 0.15) is 0 Å². The third-order valence-electron chi connectivity index (χ3n) is 1.76. The summed E-state index contributed by atoms with van der Waals surface area (Å²) in [6.07, 6.45) is 4.66. The Bertz CT molecular complexity index is 393. The fourth-order valence-electron chi connectivity index (χ4n) is 1.10. The summed E-state index contributed by atoms with van der Waals surface area (Å²) in [6.45, 7) is 0. The smallest absolute Gasteiger partial charge is 0.336 e. The van der Waals surface area contributed by atoms with Gasteiger partial charge < -0.3 is 10.1 Å². The van der Waals surface area contributed by atoms with E-state index in [0.29, 0.717) is 5.76 Å². The minimum absolute atomic E-state index is 0.328. The number of carbonyl (C=O) groups is 1. The Morgan fingerprint density at radius 3 is 2.57 bits per heavy atom. The van der Waals surface area contributed by atoms with E-state index >= 15 is 0 Å². The fraction of sp³-hybridized carbons (Fsp3) is 0. The lowest BCUT2D eigenvalue weighted by Crippen LogP contribution is -1.94. The van der Waals surface area contributed by atoms with Crippen LogP contribution >= 0.6 is 0 Å². The van der Waals surface area contributed by atoms with Crippen molar-refractivity contribution in [1.29, 1.82) is 0 Å². The lowest BCUT2D eigenvalue weighted by atomic mass is 10.3. The Morgan fingerprint density at radius 2 is 1.93 bits per heavy atom. The number of hydrogen-bond acceptors (Lipinski definition) is 3. The normalized spacial score (nSPS) is 17.1. The molecule has 1 aromatic carbocycles. The molecule has 0 aliphatic carbocycles. The van der Waals surface area contributed by atoms with Gasteiger partial charge in [0, 0.05) is 18.0 Å². The van der Waals surface area contributed by atoms with Crippen LogP contribution in [0.5, 0.6) is 0 Å². The molecule has 3 heteroatoms. The van der Waals surface area contributed by atoms with Gasteiger partial charge in [-0.3, -0.25) is 0 Å². The van der Waals surface area contributed by atoms with Crippen molar-refractivity contribution in [3.8, 4) is 0 Å². The van der Waals surface area contributed by atoms with Crippen molar-refractivity contribution in [2.24, 2.45) is 0 Å². The summed E-state index contributed by atoms with van der Waals surface area (Å²) in [5.41, 5.74) is 0.955. The van der Waals surface area contributed by atoms with Gasteiger partial charge >= 0.3 is 5.97 Å². The molecule has 1 aromatic rings. The van der Waals surface area contributed by atoms with Gasteiger partial charge in [0.1, 0.15) is 5.76 Å². The van der Waals surface area contributed by atoms with Crippen LogP contribution in [0, 0.1) is 0 Å². The van der Waals surface area contributed by atoms with Crippen LogP contribution in [0.15, 0.2) is 54.4 Å². The van der Waals surface area contributed by atoms with Gasteiger partial charge in [-0.25, -0.2) is 4.79 Å². The van der Waals surface area contributed by atoms with E-state index < -0.39 is 0 Å². The minimum atomic E-state index is -0.328. The van der Waals surface area contributed by atoms with E-state index in [9.17, 15) is 4.79 Å². The van der Waals surface area contributed by atoms with Gasteiger partial charge in [-0.2, -0.15) is 0 Å². The molecule has 1 aliphatic rings. The van der Waals surface area contributed by atoms with Gasteiger partial charge in [-0.05, 0) is 18.2 Å². The van der Waals surface area contributed by atoms with E-state index in [1.807, 2.05) is 30.3 Å². The van der Waals surface area contributed by atoms with E-state index in [-0.39, 0.29) is 5.97 Å². The monoisotopic (exact) mass is 187 g/mol. The molecule has 0 spiro atoms. The molecule has 0 atom stereocenters. The second-order valence-electron chi connectivity index (χ2n) is 2.81. The molecule has 1 heterocycles. The predicted octanol–water partition coefficient (Wildman–Crippen LogP) is 2.05. The number of cyclic esters (lactones) is 1. The first kappa shape index (κ1) is 8.56. The molecule has 70 valence electrons. The van der Waals surface area contributed by atoms with E-state index in [0.717, 1.165) is 5.69 Å². The van der Waals surface area contributed by atoms with Gasteiger partial charge in [0.25, 0.3) is 0 Å². The molecule has 0 aromatic heterocycles. The van der Waals surface area contributed by atoms with Crippen LogP contribution < -0.4 is 5.32 Å². The lowest BCUT2D eigenvalue weighted by Gasteiger charge is -2.00. The molecule has 2 rings (SSSR count). The summed E-state index contributed by atoms with van der Waals surface area (Å²) in [6, 6.07) is 9.65. The molecular formula is C11H9NO2. The maximum atomic E-state index is 10.7. The third-order valence-corrected chi connectivity index (χ3v) is 1.76. The molecule has 3 nitrogen and oxygen atoms in total. The van der Waals surface area contributed by atoms with Crippen molar-refractivity contribution in [3.63, 3.8) is 0 Å². The van der Waals surface area contributed by atoms with Crippen LogP contribution in [0.4, 0.5) is 5.69 Å². The van der Waals surface area contributed by atoms with Crippen LogP contribution in [-0.2, 0) is 9.53 Å². The highest BCUT2D eigenvalue weighted by Crippen LogP contribution is 2.10. The Kier molecular flexibility index (Phi) is 2.32. The van der Waals surface area contributed by atoms with Crippen LogP contribution in [0.3, 0.4) is 0 Å². The van der Waals surface area contributed by atoms with E-state index in [4.69, 9.17) is 4.74 Å². The van der Waals surface area contributed by atoms with Crippen LogP contribution in [-0.4, -0.2) is 5.97 Å². The maximum Gasteiger partial charge on any atom is 0.336 e. The Balaban J connectivity index is 2.01. The number of nitrogens with one attached hydrogen (secondary N) is 1. The fourth-order valence-corrected chi connectivity index (χ4v) is 1.10. The van der Waals surface area contributed by atoms with E-state index in [1.165, 1.54) is 6.08 Å². The molecule has 0 saturated carbocycles. The first-order chi connectivity index (χ1) is 6.84. The number of benzene rings is 1. The SMILES string of the molecule is O=C1C=CC(=CNc2ccccc2)O1. The molecule has 0 radical (unpaired) electrons. The number of ether oxygens (including phenoxy) is 1. The Morgan fingerprint density at radius 1 is 1.14 bits per heavy atom. The van der Waals surface area contributed by atoms with Crippen molar-refractivity contribution in [2.75, 3.05) is 5.32 Å². The number of carbonyl (C=O) groups excluding carboxylic acids is 1. The molecule has 0 saturated heterocycles. The number of allylic oxidation sites excluding steroid dienone is 1. The average Bonchev–Trinajstić information content (AvgIpc) is 2.63. The Hall–Kier alpha value is -2.03. The van der Waals surface area contributed by atoms with Gasteiger partial charge in [0.2, 0.25) is 0 Å². The second kappa shape index (κ2) is 3.79. The summed E-state index contributed by atoms with van der Waals surface area (Å²) in [5.74, 6) is 0.199. The zero-order valence-electron chi connectivity index (χ0n) is 7.44. The van der Waals surface area contributed by atoms with E-state index in [1.54, 1.807) is 12.3 Å². The molecular weight excluding hydrogens is 178 g/mol. The van der Waals surface area contributed by atoms with Gasteiger partial charge in [0.15, 0.2) is 0 Å². The molecule has 0 amide bonds. The quantitative estimate of drug-likeness (QED) is 0.720. The summed E-state index contributed by atoms with van der Waals surface area (Å²) in [7, 11) is 0. The largest absolute Gasteiger partial charge is 0.422 e. The number of para-hydroxylation sites is 1. The first-order valence-electron chi connectivity index (χ1n) is 4.26. The van der Waals surface area contributed by atoms with Gasteiger partial charge in [-0.15, -0.1) is 0 Å². The summed E-state index contributed by atoms with van der Waals surface area (Å²) < 4.78 is 4.83. The zero-order chi connectivity index (χ0) is 9.80. The predicted molar refractivity (Wildman–Crippen MR) is 53.4 cm³/mol. The molecule has 14 heavy (non-hydrogen) atoms. The van der Waals surface area contributed by atoms with Crippen molar-refractivity contribution in [3.05, 3.63) is 54.4 Å². The topological polar surface area (TPSA) is 38.3 Å². The molecule has 1 aliphatic heterocycles. The average molecular weight is 187 g/mol. The van der Waals surface area contributed by atoms with Crippen molar-refractivity contribution >= 4 is 11.7 Å². The maximum absolute atomic E-state index is 10.7. The summed E-state index contributed by atoms with van der Waals surface area (Å²) in [4.78, 5) is 10.7. The minimum Gasteiger partial charge on any atom is -0.422 e. The molecule has 0 bridgehead atoms. The molecule has 0 fully saturated rings. The standard InChI is InChI=1S/C11H9NO2/c13-11-7-6-10(14-11)8-12-9-4-2-1-3-5-9/h1-8,12H. The zero-order valence-corrected chi connectivity index (χ0v) is 7.44. The van der Waals surface area contributed by atoms with E-state index in [2.05, 4.69) is 5.32 Å².